The highest BCUT2D eigenvalue weighted by Crippen LogP contribution is 2.28. The maximum Gasteiger partial charge on any atom is 0.387 e. The van der Waals surface area contributed by atoms with Crippen molar-refractivity contribution < 1.29 is 13.5 Å². The molecule has 17 heavy (non-hydrogen) atoms. The topological polar surface area (TPSA) is 35.2 Å². The van der Waals surface area contributed by atoms with Gasteiger partial charge in [0.15, 0.2) is 0 Å². The van der Waals surface area contributed by atoms with Crippen molar-refractivity contribution in [3.8, 4) is 5.75 Å². The molecular weight excluding hydrogens is 224 g/mol. The highest BCUT2D eigenvalue weighted by molar-refractivity contribution is 5.35. The van der Waals surface area contributed by atoms with Gasteiger partial charge < -0.3 is 10.5 Å². The molecule has 1 aromatic rings. The van der Waals surface area contributed by atoms with Crippen molar-refractivity contribution in [2.45, 2.75) is 39.3 Å². The number of ether oxygens (including phenoxy) is 1. The Morgan fingerprint density at radius 1 is 1.18 bits per heavy atom. The molecule has 0 aliphatic heterocycles. The highest BCUT2D eigenvalue weighted by Gasteiger charge is 2.14. The van der Waals surface area contributed by atoms with E-state index in [1.807, 2.05) is 0 Å². The lowest BCUT2D eigenvalue weighted by Gasteiger charge is -2.17. The Morgan fingerprint density at radius 2 is 1.82 bits per heavy atom. The van der Waals surface area contributed by atoms with Crippen LogP contribution in [0.4, 0.5) is 8.78 Å². The van der Waals surface area contributed by atoms with Gasteiger partial charge in [0.1, 0.15) is 5.75 Å². The maximum atomic E-state index is 12.2. The Balaban J connectivity index is 2.74. The predicted octanol–water partition coefficient (Wildman–Crippen LogP) is 3.72. The fourth-order valence-electron chi connectivity index (χ4n) is 1.66. The van der Waals surface area contributed by atoms with Gasteiger partial charge in [-0.25, -0.2) is 0 Å². The number of hydrogen-bond donors (Lipinski definition) is 1. The minimum absolute atomic E-state index is 0.179. The van der Waals surface area contributed by atoms with Crippen molar-refractivity contribution in [1.29, 1.82) is 0 Å². The van der Waals surface area contributed by atoms with E-state index in [2.05, 4.69) is 18.6 Å². The van der Waals surface area contributed by atoms with E-state index in [1.165, 1.54) is 6.07 Å². The Morgan fingerprint density at radius 3 is 2.41 bits per heavy atom. The minimum Gasteiger partial charge on any atom is -0.434 e. The molecule has 1 atom stereocenters. The number of benzene rings is 1. The van der Waals surface area contributed by atoms with Crippen molar-refractivity contribution in [2.24, 2.45) is 11.7 Å². The summed E-state index contributed by atoms with van der Waals surface area (Å²) in [5, 5.41) is 0. The molecule has 0 aromatic heterocycles. The summed E-state index contributed by atoms with van der Waals surface area (Å²) in [6.07, 6.45) is 1.73. The smallest absolute Gasteiger partial charge is 0.387 e. The number of alkyl halides is 2. The summed E-state index contributed by atoms with van der Waals surface area (Å²) in [6, 6.07) is 6.45. The van der Waals surface area contributed by atoms with Crippen molar-refractivity contribution in [3.05, 3.63) is 29.8 Å². The average molecular weight is 243 g/mol. The number of rotatable bonds is 6. The minimum atomic E-state index is -2.81. The molecule has 2 nitrogen and oxygen atoms in total. The van der Waals surface area contributed by atoms with Crippen molar-refractivity contribution >= 4 is 0 Å². The summed E-state index contributed by atoms with van der Waals surface area (Å²) >= 11 is 0. The predicted molar refractivity (Wildman–Crippen MR) is 64.1 cm³/mol. The van der Waals surface area contributed by atoms with Gasteiger partial charge in [0.25, 0.3) is 0 Å². The van der Waals surface area contributed by atoms with Gasteiger partial charge in [-0.15, -0.1) is 0 Å². The van der Waals surface area contributed by atoms with Gasteiger partial charge in [0, 0.05) is 11.6 Å². The molecule has 0 aliphatic carbocycles. The Kier molecular flexibility index (Phi) is 5.35. The summed E-state index contributed by atoms with van der Waals surface area (Å²) in [5.41, 5.74) is 6.64. The molecule has 0 unspecified atom stereocenters. The molecule has 0 amide bonds. The van der Waals surface area contributed by atoms with E-state index in [-0.39, 0.29) is 11.8 Å². The molecule has 0 spiro atoms. The molecule has 0 saturated carbocycles. The fourth-order valence-corrected chi connectivity index (χ4v) is 1.66. The van der Waals surface area contributed by atoms with E-state index in [0.29, 0.717) is 11.5 Å². The van der Waals surface area contributed by atoms with E-state index >= 15 is 0 Å². The number of hydrogen-bond acceptors (Lipinski definition) is 2. The summed E-state index contributed by atoms with van der Waals surface area (Å²) in [4.78, 5) is 0. The van der Waals surface area contributed by atoms with Crippen LogP contribution in [0.3, 0.4) is 0 Å². The zero-order chi connectivity index (χ0) is 12.8. The van der Waals surface area contributed by atoms with Gasteiger partial charge in [-0.3, -0.25) is 0 Å². The van der Waals surface area contributed by atoms with Gasteiger partial charge in [-0.05, 0) is 24.8 Å². The molecule has 0 saturated heterocycles. The quantitative estimate of drug-likeness (QED) is 0.826. The molecule has 0 radical (unpaired) electrons. The number of nitrogens with two attached hydrogens (primary N) is 1. The molecule has 0 heterocycles. The van der Waals surface area contributed by atoms with Crippen LogP contribution in [0.25, 0.3) is 0 Å². The summed E-state index contributed by atoms with van der Waals surface area (Å²) < 4.78 is 28.9. The monoisotopic (exact) mass is 243 g/mol. The van der Waals surface area contributed by atoms with Crippen LogP contribution in [0.5, 0.6) is 5.75 Å². The highest BCUT2D eigenvalue weighted by atomic mass is 19.3. The van der Waals surface area contributed by atoms with E-state index in [0.717, 1.165) is 12.8 Å². The molecule has 4 heteroatoms. The van der Waals surface area contributed by atoms with Gasteiger partial charge in [-0.1, -0.05) is 32.0 Å². The second kappa shape index (κ2) is 6.55. The first kappa shape index (κ1) is 13.9. The van der Waals surface area contributed by atoms with E-state index < -0.39 is 6.61 Å². The van der Waals surface area contributed by atoms with Crippen LogP contribution in [0, 0.1) is 5.92 Å². The SMILES string of the molecule is CC(C)CC[C@H](N)c1ccccc1OC(F)F. The summed E-state index contributed by atoms with van der Waals surface area (Å²) in [5.74, 6) is 0.725. The first-order valence-corrected chi connectivity index (χ1v) is 5.80. The van der Waals surface area contributed by atoms with Crippen LogP contribution < -0.4 is 10.5 Å². The van der Waals surface area contributed by atoms with Crippen molar-refractivity contribution in [2.75, 3.05) is 0 Å². The molecule has 0 aliphatic rings. The molecule has 0 fully saturated rings. The van der Waals surface area contributed by atoms with E-state index in [1.54, 1.807) is 18.2 Å². The van der Waals surface area contributed by atoms with Crippen LogP contribution in [-0.4, -0.2) is 6.61 Å². The van der Waals surface area contributed by atoms with Gasteiger partial charge in [0.05, 0.1) is 0 Å². The van der Waals surface area contributed by atoms with Gasteiger partial charge >= 0.3 is 6.61 Å². The molecule has 1 aromatic carbocycles. The van der Waals surface area contributed by atoms with Crippen LogP contribution in [0.1, 0.15) is 38.3 Å². The first-order valence-electron chi connectivity index (χ1n) is 5.80. The van der Waals surface area contributed by atoms with Crippen LogP contribution in [-0.2, 0) is 0 Å². The molecule has 96 valence electrons. The maximum absolute atomic E-state index is 12.2. The Hall–Kier alpha value is -1.16. The molecular formula is C13H19F2NO. The standard InChI is InChI=1S/C13H19F2NO/c1-9(2)7-8-11(16)10-5-3-4-6-12(10)17-13(14)15/h3-6,9,11,13H,7-8,16H2,1-2H3/t11-/m0/s1. The number of halogens is 2. The van der Waals surface area contributed by atoms with E-state index in [9.17, 15) is 8.78 Å². The van der Waals surface area contributed by atoms with Gasteiger partial charge in [0.2, 0.25) is 0 Å². The van der Waals surface area contributed by atoms with Crippen LogP contribution in [0.2, 0.25) is 0 Å². The zero-order valence-corrected chi connectivity index (χ0v) is 10.2. The molecule has 0 bridgehead atoms. The third-order valence-corrected chi connectivity index (χ3v) is 2.59. The van der Waals surface area contributed by atoms with E-state index in [4.69, 9.17) is 5.73 Å². The second-order valence-electron chi connectivity index (χ2n) is 4.49. The summed E-state index contributed by atoms with van der Waals surface area (Å²) in [6.45, 7) is 1.40. The summed E-state index contributed by atoms with van der Waals surface area (Å²) in [7, 11) is 0. The van der Waals surface area contributed by atoms with Crippen molar-refractivity contribution in [1.82, 2.24) is 0 Å². The third kappa shape index (κ3) is 4.69. The normalized spacial score (nSPS) is 13.1. The average Bonchev–Trinajstić information content (AvgIpc) is 2.25. The molecule has 2 N–H and O–H groups in total. The second-order valence-corrected chi connectivity index (χ2v) is 4.49. The third-order valence-electron chi connectivity index (χ3n) is 2.59. The lowest BCUT2D eigenvalue weighted by atomic mass is 9.98. The number of para-hydroxylation sites is 1. The first-order chi connectivity index (χ1) is 8.00. The Labute approximate surface area is 101 Å². The lowest BCUT2D eigenvalue weighted by molar-refractivity contribution is -0.0506. The van der Waals surface area contributed by atoms with Crippen LogP contribution >= 0.6 is 0 Å². The zero-order valence-electron chi connectivity index (χ0n) is 10.2. The lowest BCUT2D eigenvalue weighted by Crippen LogP contribution is -2.14. The largest absolute Gasteiger partial charge is 0.434 e. The fraction of sp³-hybridized carbons (Fsp3) is 0.538. The van der Waals surface area contributed by atoms with Crippen molar-refractivity contribution in [3.63, 3.8) is 0 Å². The molecule has 1 rings (SSSR count). The van der Waals surface area contributed by atoms with Crippen LogP contribution in [0.15, 0.2) is 24.3 Å². The Bertz CT molecular complexity index is 342. The van der Waals surface area contributed by atoms with Gasteiger partial charge in [-0.2, -0.15) is 8.78 Å².